The quantitative estimate of drug-likeness (QED) is 0.931. The highest BCUT2D eigenvalue weighted by Gasteiger charge is 2.09. The third kappa shape index (κ3) is 2.75. The third-order valence-corrected chi connectivity index (χ3v) is 2.53. The smallest absolute Gasteiger partial charge is 0.219 e. The molecular formula is C12H8ClF2NO2. The number of nitrogens with zero attached hydrogens (tertiary/aromatic N) is 1. The van der Waals surface area contributed by atoms with Crippen LogP contribution in [0.25, 0.3) is 0 Å². The maximum Gasteiger partial charge on any atom is 0.219 e. The molecule has 3 nitrogen and oxygen atoms in total. The zero-order valence-corrected chi connectivity index (χ0v) is 9.79. The molecule has 0 bridgehead atoms. The second kappa shape index (κ2) is 5.29. The maximum absolute atomic E-state index is 13.3. The molecule has 94 valence electrons. The standard InChI is InChI=1S/C12H8ClF2NO2/c13-9-5-16-12(3-7(9)6-17)18-11-4-8(14)1-2-10(11)15/h1-5,17H,6H2. The lowest BCUT2D eigenvalue weighted by Crippen LogP contribution is -1.94. The van der Waals surface area contributed by atoms with Crippen LogP contribution in [0.4, 0.5) is 8.78 Å². The van der Waals surface area contributed by atoms with Crippen LogP contribution in [-0.2, 0) is 6.61 Å². The number of aliphatic hydroxyl groups is 1. The van der Waals surface area contributed by atoms with Crippen molar-refractivity contribution in [3.8, 4) is 11.6 Å². The molecule has 2 aromatic rings. The fourth-order valence-corrected chi connectivity index (χ4v) is 1.47. The molecule has 0 aliphatic rings. The lowest BCUT2D eigenvalue weighted by molar-refractivity contribution is 0.281. The monoisotopic (exact) mass is 271 g/mol. The topological polar surface area (TPSA) is 42.4 Å². The molecule has 0 spiro atoms. The first-order valence-electron chi connectivity index (χ1n) is 4.98. The van der Waals surface area contributed by atoms with E-state index in [1.807, 2.05) is 0 Å². The number of hydrogen-bond acceptors (Lipinski definition) is 3. The second-order valence-electron chi connectivity index (χ2n) is 3.45. The van der Waals surface area contributed by atoms with Crippen LogP contribution in [0.3, 0.4) is 0 Å². The maximum atomic E-state index is 13.3. The number of benzene rings is 1. The van der Waals surface area contributed by atoms with Gasteiger partial charge in [-0.15, -0.1) is 0 Å². The molecule has 1 heterocycles. The van der Waals surface area contributed by atoms with Gasteiger partial charge in [-0.3, -0.25) is 0 Å². The van der Waals surface area contributed by atoms with Gasteiger partial charge < -0.3 is 9.84 Å². The average molecular weight is 272 g/mol. The number of halogens is 3. The van der Waals surface area contributed by atoms with E-state index in [2.05, 4.69) is 4.98 Å². The van der Waals surface area contributed by atoms with Crippen LogP contribution < -0.4 is 4.74 Å². The largest absolute Gasteiger partial charge is 0.436 e. The minimum Gasteiger partial charge on any atom is -0.436 e. The number of pyridine rings is 1. The molecule has 0 fully saturated rings. The van der Waals surface area contributed by atoms with Crippen molar-refractivity contribution in [2.24, 2.45) is 0 Å². The summed E-state index contributed by atoms with van der Waals surface area (Å²) in [6.45, 7) is -0.302. The van der Waals surface area contributed by atoms with E-state index in [1.165, 1.54) is 12.3 Å². The highest BCUT2D eigenvalue weighted by atomic mass is 35.5. The van der Waals surface area contributed by atoms with Crippen molar-refractivity contribution in [3.63, 3.8) is 0 Å². The lowest BCUT2D eigenvalue weighted by atomic mass is 10.3. The molecule has 0 atom stereocenters. The summed E-state index contributed by atoms with van der Waals surface area (Å²) in [7, 11) is 0. The van der Waals surface area contributed by atoms with Crippen LogP contribution in [0.1, 0.15) is 5.56 Å². The summed E-state index contributed by atoms with van der Waals surface area (Å²) < 4.78 is 31.3. The van der Waals surface area contributed by atoms with Gasteiger partial charge in [0.25, 0.3) is 0 Å². The van der Waals surface area contributed by atoms with Crippen molar-refractivity contribution in [2.45, 2.75) is 6.61 Å². The normalized spacial score (nSPS) is 10.4. The molecule has 2 rings (SSSR count). The fourth-order valence-electron chi connectivity index (χ4n) is 1.30. The van der Waals surface area contributed by atoms with Crippen molar-refractivity contribution < 1.29 is 18.6 Å². The third-order valence-electron chi connectivity index (χ3n) is 2.19. The van der Waals surface area contributed by atoms with Crippen LogP contribution in [0.15, 0.2) is 30.5 Å². The van der Waals surface area contributed by atoms with Crippen molar-refractivity contribution in [3.05, 3.63) is 52.7 Å². The first kappa shape index (κ1) is 12.7. The molecule has 0 aliphatic carbocycles. The number of hydrogen-bond donors (Lipinski definition) is 1. The van der Waals surface area contributed by atoms with Gasteiger partial charge >= 0.3 is 0 Å². The Labute approximate surface area is 107 Å². The summed E-state index contributed by atoms with van der Waals surface area (Å²) in [5, 5.41) is 9.27. The van der Waals surface area contributed by atoms with Gasteiger partial charge in [-0.2, -0.15) is 0 Å². The summed E-state index contributed by atoms with van der Waals surface area (Å²) >= 11 is 5.74. The molecule has 0 unspecified atom stereocenters. The minimum absolute atomic E-state index is 0.0213. The Kier molecular flexibility index (Phi) is 3.74. The molecule has 1 aromatic carbocycles. The summed E-state index contributed by atoms with van der Waals surface area (Å²) in [5.41, 5.74) is 0.387. The van der Waals surface area contributed by atoms with Gasteiger partial charge in [0.05, 0.1) is 11.6 Å². The molecule has 0 saturated carbocycles. The predicted octanol–water partition coefficient (Wildman–Crippen LogP) is 3.30. The van der Waals surface area contributed by atoms with Crippen molar-refractivity contribution in [1.82, 2.24) is 4.98 Å². The van der Waals surface area contributed by atoms with Crippen LogP contribution in [-0.4, -0.2) is 10.1 Å². The summed E-state index contributed by atoms with van der Waals surface area (Å²) in [4.78, 5) is 3.80. The summed E-state index contributed by atoms with van der Waals surface area (Å²) in [6, 6.07) is 4.20. The van der Waals surface area contributed by atoms with Gasteiger partial charge in [-0.1, -0.05) is 11.6 Å². The first-order chi connectivity index (χ1) is 8.60. The second-order valence-corrected chi connectivity index (χ2v) is 3.86. The predicted molar refractivity (Wildman–Crippen MR) is 61.6 cm³/mol. The Morgan fingerprint density at radius 3 is 2.78 bits per heavy atom. The van der Waals surface area contributed by atoms with E-state index in [0.29, 0.717) is 5.56 Å². The minimum atomic E-state index is -0.710. The van der Waals surface area contributed by atoms with Crippen molar-refractivity contribution >= 4 is 11.6 Å². The van der Waals surface area contributed by atoms with Crippen LogP contribution in [0.5, 0.6) is 11.6 Å². The van der Waals surface area contributed by atoms with Gasteiger partial charge in [0.15, 0.2) is 11.6 Å². The van der Waals surface area contributed by atoms with Gasteiger partial charge in [0.2, 0.25) is 5.88 Å². The Hall–Kier alpha value is -1.72. The summed E-state index contributed by atoms with van der Waals surface area (Å²) in [6.07, 6.45) is 1.26. The van der Waals surface area contributed by atoms with E-state index in [9.17, 15) is 8.78 Å². The SMILES string of the molecule is OCc1cc(Oc2cc(F)ccc2F)ncc1Cl. The van der Waals surface area contributed by atoms with Gasteiger partial charge in [-0.25, -0.2) is 13.8 Å². The highest BCUT2D eigenvalue weighted by Crippen LogP contribution is 2.26. The van der Waals surface area contributed by atoms with Crippen molar-refractivity contribution in [2.75, 3.05) is 0 Å². The van der Waals surface area contributed by atoms with E-state index >= 15 is 0 Å². The number of rotatable bonds is 3. The van der Waals surface area contributed by atoms with Gasteiger partial charge in [-0.05, 0) is 12.1 Å². The molecular weight excluding hydrogens is 264 g/mol. The molecule has 6 heteroatoms. The average Bonchev–Trinajstić information content (AvgIpc) is 2.36. The van der Waals surface area contributed by atoms with Crippen LogP contribution in [0, 0.1) is 11.6 Å². The number of aromatic nitrogens is 1. The Morgan fingerprint density at radius 1 is 1.28 bits per heavy atom. The van der Waals surface area contributed by atoms with Crippen LogP contribution in [0.2, 0.25) is 5.02 Å². The van der Waals surface area contributed by atoms with E-state index < -0.39 is 11.6 Å². The molecule has 18 heavy (non-hydrogen) atoms. The van der Waals surface area contributed by atoms with E-state index in [1.54, 1.807) is 0 Å². The first-order valence-corrected chi connectivity index (χ1v) is 5.36. The Bertz CT molecular complexity index is 578. The van der Waals surface area contributed by atoms with Gasteiger partial charge in [0.1, 0.15) is 5.82 Å². The number of ether oxygens (including phenoxy) is 1. The fraction of sp³-hybridized carbons (Fsp3) is 0.0833. The van der Waals surface area contributed by atoms with Crippen molar-refractivity contribution in [1.29, 1.82) is 0 Å². The van der Waals surface area contributed by atoms with E-state index in [0.717, 1.165) is 18.2 Å². The molecule has 1 aromatic heterocycles. The molecule has 0 saturated heterocycles. The van der Waals surface area contributed by atoms with Gasteiger partial charge in [0, 0.05) is 23.9 Å². The molecule has 0 amide bonds. The zero-order chi connectivity index (χ0) is 13.1. The molecule has 1 N–H and O–H groups in total. The molecule has 0 radical (unpaired) electrons. The number of aliphatic hydroxyl groups excluding tert-OH is 1. The zero-order valence-electron chi connectivity index (χ0n) is 9.03. The Balaban J connectivity index is 2.31. The lowest BCUT2D eigenvalue weighted by Gasteiger charge is -2.07. The van der Waals surface area contributed by atoms with Crippen LogP contribution >= 0.6 is 11.6 Å². The highest BCUT2D eigenvalue weighted by molar-refractivity contribution is 6.31. The van der Waals surface area contributed by atoms with E-state index in [4.69, 9.17) is 21.4 Å². The van der Waals surface area contributed by atoms with E-state index in [-0.39, 0.29) is 23.3 Å². The Morgan fingerprint density at radius 2 is 2.06 bits per heavy atom. The molecule has 0 aliphatic heterocycles. The summed E-state index contributed by atoms with van der Waals surface area (Å²) in [5.74, 6) is -1.59.